The van der Waals surface area contributed by atoms with Crippen molar-refractivity contribution in [2.24, 2.45) is 0 Å². The molecular weight excluding hydrogens is 544 g/mol. The molecule has 2 aromatic rings. The highest BCUT2D eigenvalue weighted by Crippen LogP contribution is 2.34. The Morgan fingerprint density at radius 2 is 1.73 bits per heavy atom. The van der Waals surface area contributed by atoms with Gasteiger partial charge in [-0.05, 0) is 51.1 Å². The molecule has 2 atom stereocenters. The van der Waals surface area contributed by atoms with Crippen LogP contribution in [0.2, 0.25) is 0 Å². The molecule has 0 radical (unpaired) electrons. The van der Waals surface area contributed by atoms with E-state index in [9.17, 15) is 31.9 Å². The van der Waals surface area contributed by atoms with E-state index in [0.29, 0.717) is 18.8 Å². The summed E-state index contributed by atoms with van der Waals surface area (Å²) in [7, 11) is 0. The van der Waals surface area contributed by atoms with Crippen LogP contribution in [0.3, 0.4) is 0 Å². The molecule has 2 aromatic carbocycles. The fourth-order valence-corrected chi connectivity index (χ4v) is 5.26. The van der Waals surface area contributed by atoms with Crippen LogP contribution in [0.4, 0.5) is 22.4 Å². The standard InChI is InChI=1S/C29H32F4N4O4/c1-4-36-23(24(27(39)41-5-2)25(34-28(36)40)21-8-6-7-9-22(21)30)17-35-14-15-37(18(3)16-35)26(38)19-10-12-20(13-11-19)29(31,32)33/h6-13,18,25H,4-5,14-17H2,1-3H3,(H,34,40)/t18-,25+/m0/s1. The predicted molar refractivity (Wildman–Crippen MR) is 142 cm³/mol. The number of nitrogens with zero attached hydrogens (tertiary/aromatic N) is 3. The predicted octanol–water partition coefficient (Wildman–Crippen LogP) is 4.59. The minimum Gasteiger partial charge on any atom is -0.463 e. The molecule has 0 aliphatic carbocycles. The molecule has 0 spiro atoms. The number of esters is 1. The highest BCUT2D eigenvalue weighted by molar-refractivity contribution is 5.95. The molecule has 41 heavy (non-hydrogen) atoms. The van der Waals surface area contributed by atoms with Gasteiger partial charge in [0.25, 0.3) is 5.91 Å². The molecule has 4 rings (SSSR count). The van der Waals surface area contributed by atoms with Gasteiger partial charge >= 0.3 is 18.2 Å². The van der Waals surface area contributed by atoms with Gasteiger partial charge in [-0.15, -0.1) is 0 Å². The number of carbonyl (C=O) groups excluding carboxylic acids is 3. The molecule has 2 aliphatic rings. The number of likely N-dealkylation sites (N-methyl/N-ethyl adjacent to an activating group) is 1. The molecule has 12 heteroatoms. The molecule has 0 aromatic heterocycles. The maximum Gasteiger partial charge on any atom is 0.416 e. The number of hydrogen-bond acceptors (Lipinski definition) is 5. The Balaban J connectivity index is 1.59. The number of rotatable bonds is 7. The number of amides is 3. The quantitative estimate of drug-likeness (QED) is 0.385. The second-order valence-corrected chi connectivity index (χ2v) is 9.89. The summed E-state index contributed by atoms with van der Waals surface area (Å²) in [6, 6.07) is 8.16. The van der Waals surface area contributed by atoms with Crippen molar-refractivity contribution in [1.29, 1.82) is 0 Å². The number of hydrogen-bond donors (Lipinski definition) is 1. The SMILES string of the molecule is CCOC(=O)C1=C(CN2CCN(C(=O)c3ccc(C(F)(F)F)cc3)[C@@H](C)C2)N(CC)C(=O)N[C@@H]1c1ccccc1F. The van der Waals surface area contributed by atoms with Crippen molar-refractivity contribution in [1.82, 2.24) is 20.0 Å². The lowest BCUT2D eigenvalue weighted by atomic mass is 9.93. The van der Waals surface area contributed by atoms with Gasteiger partial charge in [-0.1, -0.05) is 18.2 Å². The summed E-state index contributed by atoms with van der Waals surface area (Å²) in [6.45, 7) is 6.75. The van der Waals surface area contributed by atoms with E-state index >= 15 is 0 Å². The summed E-state index contributed by atoms with van der Waals surface area (Å²) >= 11 is 0. The zero-order valence-corrected chi connectivity index (χ0v) is 23.0. The van der Waals surface area contributed by atoms with Gasteiger partial charge in [0, 0.05) is 55.6 Å². The zero-order valence-electron chi connectivity index (χ0n) is 23.0. The molecule has 0 saturated carbocycles. The van der Waals surface area contributed by atoms with E-state index in [1.165, 1.54) is 35.2 Å². The summed E-state index contributed by atoms with van der Waals surface area (Å²) in [5, 5.41) is 2.74. The average Bonchev–Trinajstić information content (AvgIpc) is 2.92. The van der Waals surface area contributed by atoms with Gasteiger partial charge in [-0.25, -0.2) is 14.0 Å². The van der Waals surface area contributed by atoms with Crippen molar-refractivity contribution in [3.05, 3.63) is 82.3 Å². The van der Waals surface area contributed by atoms with Gasteiger partial charge in [-0.2, -0.15) is 13.2 Å². The maximum atomic E-state index is 14.8. The second kappa shape index (κ2) is 12.3. The highest BCUT2D eigenvalue weighted by Gasteiger charge is 2.40. The largest absolute Gasteiger partial charge is 0.463 e. The third-order valence-corrected chi connectivity index (χ3v) is 7.27. The normalized spacial score (nSPS) is 20.2. The van der Waals surface area contributed by atoms with Gasteiger partial charge < -0.3 is 15.0 Å². The summed E-state index contributed by atoms with van der Waals surface area (Å²) in [4.78, 5) is 44.5. The number of halogens is 4. The van der Waals surface area contributed by atoms with Crippen LogP contribution in [-0.2, 0) is 15.7 Å². The molecule has 2 aliphatic heterocycles. The van der Waals surface area contributed by atoms with Crippen LogP contribution in [-0.4, -0.2) is 78.0 Å². The topological polar surface area (TPSA) is 82.2 Å². The van der Waals surface area contributed by atoms with E-state index in [1.54, 1.807) is 24.8 Å². The third kappa shape index (κ3) is 6.37. The lowest BCUT2D eigenvalue weighted by Gasteiger charge is -2.43. The minimum atomic E-state index is -4.49. The van der Waals surface area contributed by atoms with Gasteiger partial charge in [0.15, 0.2) is 0 Å². The molecule has 3 amide bonds. The van der Waals surface area contributed by atoms with Crippen LogP contribution in [0.15, 0.2) is 59.8 Å². The fraction of sp³-hybridized carbons (Fsp3) is 0.414. The fourth-order valence-electron chi connectivity index (χ4n) is 5.26. The molecule has 0 bridgehead atoms. The number of urea groups is 1. The van der Waals surface area contributed by atoms with E-state index in [1.807, 2.05) is 11.8 Å². The number of piperazine rings is 1. The Labute approximate surface area is 235 Å². The highest BCUT2D eigenvalue weighted by atomic mass is 19.4. The minimum absolute atomic E-state index is 0.0848. The van der Waals surface area contributed by atoms with Crippen LogP contribution in [0, 0.1) is 5.82 Å². The van der Waals surface area contributed by atoms with E-state index in [0.717, 1.165) is 12.1 Å². The molecule has 220 valence electrons. The Bertz CT molecular complexity index is 1330. The number of ether oxygens (including phenoxy) is 1. The molecule has 1 saturated heterocycles. The molecule has 1 fully saturated rings. The molecule has 8 nitrogen and oxygen atoms in total. The monoisotopic (exact) mass is 576 g/mol. The van der Waals surface area contributed by atoms with Crippen molar-refractivity contribution in [2.75, 3.05) is 39.3 Å². The van der Waals surface area contributed by atoms with Crippen LogP contribution in [0.5, 0.6) is 0 Å². The number of carbonyl (C=O) groups is 3. The van der Waals surface area contributed by atoms with Crippen LogP contribution in [0.1, 0.15) is 48.3 Å². The van der Waals surface area contributed by atoms with Crippen molar-refractivity contribution in [3.63, 3.8) is 0 Å². The summed E-state index contributed by atoms with van der Waals surface area (Å²) < 4.78 is 59.0. The Kier molecular flexibility index (Phi) is 9.01. The summed E-state index contributed by atoms with van der Waals surface area (Å²) in [5.41, 5.74) is -0.0211. The average molecular weight is 577 g/mol. The van der Waals surface area contributed by atoms with E-state index < -0.39 is 35.6 Å². The number of alkyl halides is 3. The molecule has 0 unspecified atom stereocenters. The summed E-state index contributed by atoms with van der Waals surface area (Å²) in [5.74, 6) is -1.63. The van der Waals surface area contributed by atoms with E-state index in [-0.39, 0.29) is 54.9 Å². The zero-order chi connectivity index (χ0) is 29.9. The maximum absolute atomic E-state index is 14.8. The van der Waals surface area contributed by atoms with E-state index in [4.69, 9.17) is 4.74 Å². The van der Waals surface area contributed by atoms with Gasteiger partial charge in [0.1, 0.15) is 5.82 Å². The summed E-state index contributed by atoms with van der Waals surface area (Å²) in [6.07, 6.45) is -4.49. The first-order chi connectivity index (χ1) is 19.5. The molecule has 1 N–H and O–H groups in total. The first-order valence-electron chi connectivity index (χ1n) is 13.4. The molecule has 2 heterocycles. The van der Waals surface area contributed by atoms with Crippen molar-refractivity contribution in [3.8, 4) is 0 Å². The lowest BCUT2D eigenvalue weighted by Crippen LogP contribution is -2.56. The Morgan fingerprint density at radius 3 is 2.32 bits per heavy atom. The first kappa shape index (κ1) is 30.0. The Hall–Kier alpha value is -3.93. The van der Waals surface area contributed by atoms with E-state index in [2.05, 4.69) is 5.32 Å². The van der Waals surface area contributed by atoms with Crippen LogP contribution in [0.25, 0.3) is 0 Å². The van der Waals surface area contributed by atoms with Crippen molar-refractivity contribution < 1.29 is 36.7 Å². The van der Waals surface area contributed by atoms with Crippen LogP contribution < -0.4 is 5.32 Å². The molecular formula is C29H32F4N4O4. The third-order valence-electron chi connectivity index (χ3n) is 7.27. The smallest absolute Gasteiger partial charge is 0.416 e. The van der Waals surface area contributed by atoms with Gasteiger partial charge in [-0.3, -0.25) is 14.6 Å². The Morgan fingerprint density at radius 1 is 1.05 bits per heavy atom. The second-order valence-electron chi connectivity index (χ2n) is 9.89. The number of nitrogens with one attached hydrogen (secondary N) is 1. The van der Waals surface area contributed by atoms with Gasteiger partial charge in [0.2, 0.25) is 0 Å². The van der Waals surface area contributed by atoms with Crippen molar-refractivity contribution >= 4 is 17.9 Å². The first-order valence-corrected chi connectivity index (χ1v) is 13.4. The number of benzene rings is 2. The van der Waals surface area contributed by atoms with Crippen molar-refractivity contribution in [2.45, 2.75) is 39.0 Å². The van der Waals surface area contributed by atoms with Crippen LogP contribution >= 0.6 is 0 Å². The van der Waals surface area contributed by atoms with Gasteiger partial charge in [0.05, 0.1) is 23.8 Å². The lowest BCUT2D eigenvalue weighted by molar-refractivity contribution is -0.139.